The molecular weight excluding hydrogens is 186 g/mol. The van der Waals surface area contributed by atoms with Crippen LogP contribution in [0, 0.1) is 0 Å². The highest BCUT2D eigenvalue weighted by Gasteiger charge is 2.01. The fraction of sp³-hybridized carbons (Fsp3) is 0.385. The molecule has 0 aliphatic heterocycles. The van der Waals surface area contributed by atoms with Crippen LogP contribution in [0.4, 0.5) is 0 Å². The first-order chi connectivity index (χ1) is 7.30. The van der Waals surface area contributed by atoms with Crippen molar-refractivity contribution in [3.63, 3.8) is 0 Å². The van der Waals surface area contributed by atoms with Crippen molar-refractivity contribution >= 4 is 0 Å². The van der Waals surface area contributed by atoms with Crippen molar-refractivity contribution in [2.75, 3.05) is 20.2 Å². The van der Waals surface area contributed by atoms with Crippen LogP contribution in [0.25, 0.3) is 0 Å². The average Bonchev–Trinajstić information content (AvgIpc) is 2.29. The monoisotopic (exact) mass is 205 g/mol. The largest absolute Gasteiger partial charge is 0.497 e. The first-order valence-electron chi connectivity index (χ1n) is 5.26. The zero-order valence-corrected chi connectivity index (χ0v) is 9.57. The van der Waals surface area contributed by atoms with Gasteiger partial charge in [-0.25, -0.2) is 0 Å². The lowest BCUT2D eigenvalue weighted by atomic mass is 10.2. The summed E-state index contributed by atoms with van der Waals surface area (Å²) in [6.45, 7) is 8.85. The molecule has 0 atom stereocenters. The molecule has 15 heavy (non-hydrogen) atoms. The van der Waals surface area contributed by atoms with Crippen LogP contribution in [0.2, 0.25) is 0 Å². The van der Waals surface area contributed by atoms with E-state index >= 15 is 0 Å². The van der Waals surface area contributed by atoms with Crippen molar-refractivity contribution in [1.29, 1.82) is 0 Å². The third kappa shape index (κ3) is 3.76. The number of hydrogen-bond acceptors (Lipinski definition) is 2. The molecule has 0 aromatic heterocycles. The Balaban J connectivity index is 2.58. The smallest absolute Gasteiger partial charge is 0.118 e. The van der Waals surface area contributed by atoms with Crippen LogP contribution in [0.15, 0.2) is 36.9 Å². The summed E-state index contributed by atoms with van der Waals surface area (Å²) in [4.78, 5) is 2.33. The number of ether oxygens (including phenoxy) is 1. The van der Waals surface area contributed by atoms with Crippen molar-refractivity contribution < 1.29 is 4.74 Å². The highest BCUT2D eigenvalue weighted by atomic mass is 16.5. The molecule has 0 radical (unpaired) electrons. The maximum atomic E-state index is 5.12. The quantitative estimate of drug-likeness (QED) is 0.662. The SMILES string of the molecule is C=CCN(CC)Cc1ccc(OC)cc1. The number of rotatable bonds is 6. The first-order valence-corrected chi connectivity index (χ1v) is 5.26. The van der Waals surface area contributed by atoms with Crippen LogP contribution in [0.5, 0.6) is 5.75 Å². The molecule has 0 aliphatic rings. The summed E-state index contributed by atoms with van der Waals surface area (Å²) in [6, 6.07) is 8.20. The van der Waals surface area contributed by atoms with Gasteiger partial charge in [-0.1, -0.05) is 25.1 Å². The molecule has 0 heterocycles. The second kappa shape index (κ2) is 6.25. The van der Waals surface area contributed by atoms with Gasteiger partial charge in [-0.15, -0.1) is 6.58 Å². The van der Waals surface area contributed by atoms with Crippen LogP contribution in [-0.2, 0) is 6.54 Å². The molecule has 0 saturated carbocycles. The molecule has 0 fully saturated rings. The van der Waals surface area contributed by atoms with Gasteiger partial charge >= 0.3 is 0 Å². The van der Waals surface area contributed by atoms with Crippen LogP contribution in [0.1, 0.15) is 12.5 Å². The molecule has 1 rings (SSSR count). The highest BCUT2D eigenvalue weighted by Crippen LogP contribution is 2.12. The van der Waals surface area contributed by atoms with Gasteiger partial charge in [0.15, 0.2) is 0 Å². The molecule has 0 unspecified atom stereocenters. The van der Waals surface area contributed by atoms with E-state index in [4.69, 9.17) is 4.74 Å². The molecule has 2 nitrogen and oxygen atoms in total. The van der Waals surface area contributed by atoms with Gasteiger partial charge in [0.25, 0.3) is 0 Å². The Morgan fingerprint density at radius 3 is 2.47 bits per heavy atom. The van der Waals surface area contributed by atoms with E-state index in [-0.39, 0.29) is 0 Å². The zero-order valence-electron chi connectivity index (χ0n) is 9.57. The van der Waals surface area contributed by atoms with Crippen LogP contribution in [-0.4, -0.2) is 25.1 Å². The van der Waals surface area contributed by atoms with Crippen molar-refractivity contribution in [2.24, 2.45) is 0 Å². The molecule has 0 saturated heterocycles. The third-order valence-corrected chi connectivity index (χ3v) is 2.40. The maximum absolute atomic E-state index is 5.12. The Labute approximate surface area is 92.2 Å². The first kappa shape index (κ1) is 11.8. The van der Waals surface area contributed by atoms with E-state index in [1.165, 1.54) is 5.56 Å². The van der Waals surface area contributed by atoms with Crippen LogP contribution in [0.3, 0.4) is 0 Å². The Hall–Kier alpha value is -1.28. The number of nitrogens with zero attached hydrogens (tertiary/aromatic N) is 1. The lowest BCUT2D eigenvalue weighted by Crippen LogP contribution is -2.22. The standard InChI is InChI=1S/C13H19NO/c1-4-10-14(5-2)11-12-6-8-13(15-3)9-7-12/h4,6-9H,1,5,10-11H2,2-3H3. The van der Waals surface area contributed by atoms with Crippen molar-refractivity contribution in [1.82, 2.24) is 4.90 Å². The Morgan fingerprint density at radius 1 is 1.33 bits per heavy atom. The minimum absolute atomic E-state index is 0.908. The van der Waals surface area contributed by atoms with Gasteiger partial charge < -0.3 is 4.74 Å². The number of benzene rings is 1. The van der Waals surface area contributed by atoms with Crippen LogP contribution >= 0.6 is 0 Å². The topological polar surface area (TPSA) is 12.5 Å². The summed E-state index contributed by atoms with van der Waals surface area (Å²) in [6.07, 6.45) is 1.94. The Kier molecular flexibility index (Phi) is 4.91. The van der Waals surface area contributed by atoms with E-state index < -0.39 is 0 Å². The number of likely N-dealkylation sites (N-methyl/N-ethyl adjacent to an activating group) is 1. The predicted octanol–water partition coefficient (Wildman–Crippen LogP) is 2.70. The molecular formula is C13H19NO. The van der Waals surface area contributed by atoms with E-state index in [2.05, 4.69) is 30.5 Å². The van der Waals surface area contributed by atoms with Gasteiger partial charge in [0.1, 0.15) is 5.75 Å². The minimum Gasteiger partial charge on any atom is -0.497 e. The molecule has 82 valence electrons. The van der Waals surface area contributed by atoms with Gasteiger partial charge in [-0.2, -0.15) is 0 Å². The molecule has 0 amide bonds. The molecule has 0 N–H and O–H groups in total. The second-order valence-electron chi connectivity index (χ2n) is 3.46. The van der Waals surface area contributed by atoms with Gasteiger partial charge in [0, 0.05) is 13.1 Å². The number of hydrogen-bond donors (Lipinski definition) is 0. The summed E-state index contributed by atoms with van der Waals surface area (Å²) < 4.78 is 5.12. The second-order valence-corrected chi connectivity index (χ2v) is 3.46. The summed E-state index contributed by atoms with van der Waals surface area (Å²) >= 11 is 0. The van der Waals surface area contributed by atoms with E-state index in [0.29, 0.717) is 0 Å². The molecule has 2 heteroatoms. The molecule has 1 aromatic carbocycles. The normalized spacial score (nSPS) is 10.3. The summed E-state index contributed by atoms with van der Waals surface area (Å²) in [5, 5.41) is 0. The zero-order chi connectivity index (χ0) is 11.1. The molecule has 1 aromatic rings. The molecule has 0 aliphatic carbocycles. The van der Waals surface area contributed by atoms with Gasteiger partial charge in [0.05, 0.1) is 7.11 Å². The maximum Gasteiger partial charge on any atom is 0.118 e. The van der Waals surface area contributed by atoms with Crippen molar-refractivity contribution in [3.8, 4) is 5.75 Å². The predicted molar refractivity (Wildman–Crippen MR) is 64.1 cm³/mol. The van der Waals surface area contributed by atoms with Gasteiger partial charge in [-0.3, -0.25) is 4.90 Å². The van der Waals surface area contributed by atoms with Crippen molar-refractivity contribution in [3.05, 3.63) is 42.5 Å². The van der Waals surface area contributed by atoms with Gasteiger partial charge in [-0.05, 0) is 24.2 Å². The summed E-state index contributed by atoms with van der Waals surface area (Å²) in [5.41, 5.74) is 1.31. The van der Waals surface area contributed by atoms with Gasteiger partial charge in [0.2, 0.25) is 0 Å². The highest BCUT2D eigenvalue weighted by molar-refractivity contribution is 5.27. The Morgan fingerprint density at radius 2 is 2.00 bits per heavy atom. The van der Waals surface area contributed by atoms with Crippen molar-refractivity contribution in [2.45, 2.75) is 13.5 Å². The average molecular weight is 205 g/mol. The minimum atomic E-state index is 0.908. The lowest BCUT2D eigenvalue weighted by molar-refractivity contribution is 0.311. The van der Waals surface area contributed by atoms with E-state index in [1.54, 1.807) is 7.11 Å². The lowest BCUT2D eigenvalue weighted by Gasteiger charge is -2.18. The van der Waals surface area contributed by atoms with E-state index in [1.807, 2.05) is 18.2 Å². The third-order valence-electron chi connectivity index (χ3n) is 2.40. The molecule has 0 spiro atoms. The fourth-order valence-electron chi connectivity index (χ4n) is 1.48. The molecule has 0 bridgehead atoms. The van der Waals surface area contributed by atoms with Crippen LogP contribution < -0.4 is 4.74 Å². The summed E-state index contributed by atoms with van der Waals surface area (Å²) in [5.74, 6) is 0.908. The fourth-order valence-corrected chi connectivity index (χ4v) is 1.48. The summed E-state index contributed by atoms with van der Waals surface area (Å²) in [7, 11) is 1.69. The van der Waals surface area contributed by atoms with E-state index in [9.17, 15) is 0 Å². The Bertz CT molecular complexity index is 292. The van der Waals surface area contributed by atoms with E-state index in [0.717, 1.165) is 25.4 Å². The number of methoxy groups -OCH3 is 1.